The van der Waals surface area contributed by atoms with Gasteiger partial charge in [-0.25, -0.2) is 13.4 Å². The molecule has 1 aliphatic heterocycles. The summed E-state index contributed by atoms with van der Waals surface area (Å²) >= 11 is 0. The van der Waals surface area contributed by atoms with E-state index in [1.165, 1.54) is 6.07 Å². The summed E-state index contributed by atoms with van der Waals surface area (Å²) in [4.78, 5) is 19.3. The van der Waals surface area contributed by atoms with Crippen LogP contribution in [-0.4, -0.2) is 37.9 Å². The molecule has 0 spiro atoms. The van der Waals surface area contributed by atoms with E-state index in [1.807, 2.05) is 6.07 Å². The van der Waals surface area contributed by atoms with Crippen LogP contribution in [0.3, 0.4) is 0 Å². The number of hydrogen-bond acceptors (Lipinski definition) is 6. The summed E-state index contributed by atoms with van der Waals surface area (Å²) in [7, 11) is -2.13. The summed E-state index contributed by atoms with van der Waals surface area (Å²) in [6.07, 6.45) is 0.525. The highest BCUT2D eigenvalue weighted by molar-refractivity contribution is 7.90. The van der Waals surface area contributed by atoms with Gasteiger partial charge in [-0.1, -0.05) is 42.5 Å². The molecular weight excluding hydrogens is 404 g/mol. The summed E-state index contributed by atoms with van der Waals surface area (Å²) in [6, 6.07) is 15.3. The second-order valence-electron chi connectivity index (χ2n) is 7.13. The number of benzene rings is 2. The quantitative estimate of drug-likeness (QED) is 0.602. The minimum atomic E-state index is -3.69. The zero-order chi connectivity index (χ0) is 21.1. The maximum Gasteiger partial charge on any atom is 0.255 e. The average Bonchev–Trinajstić information content (AvgIpc) is 3.15. The minimum Gasteiger partial charge on any atom is -0.443 e. The Balaban J connectivity index is 1.59. The van der Waals surface area contributed by atoms with Gasteiger partial charge in [-0.05, 0) is 17.7 Å². The Kier molecular flexibility index (Phi) is 5.69. The first-order valence-corrected chi connectivity index (χ1v) is 11.2. The van der Waals surface area contributed by atoms with Crippen molar-refractivity contribution in [2.45, 2.75) is 30.2 Å². The summed E-state index contributed by atoms with van der Waals surface area (Å²) in [5.74, 6) is 0.731. The van der Waals surface area contributed by atoms with Crippen LogP contribution < -0.4 is 0 Å². The number of fused-ring (bicyclic) bond motifs is 1. The zero-order valence-electron chi connectivity index (χ0n) is 16.6. The Morgan fingerprint density at radius 2 is 1.87 bits per heavy atom. The van der Waals surface area contributed by atoms with Crippen LogP contribution in [0.4, 0.5) is 0 Å². The largest absolute Gasteiger partial charge is 0.443 e. The van der Waals surface area contributed by atoms with Crippen molar-refractivity contribution in [2.75, 3.05) is 13.7 Å². The van der Waals surface area contributed by atoms with Crippen LogP contribution in [0.1, 0.15) is 33.3 Å². The first-order valence-electron chi connectivity index (χ1n) is 9.59. The molecule has 2 aromatic carbocycles. The lowest BCUT2D eigenvalue weighted by Crippen LogP contribution is -2.36. The molecule has 1 amide bonds. The molecular formula is C22H22N2O5S. The van der Waals surface area contributed by atoms with Crippen LogP contribution in [0.25, 0.3) is 0 Å². The zero-order valence-corrected chi connectivity index (χ0v) is 17.4. The normalized spacial score (nSPS) is 13.8. The predicted octanol–water partition coefficient (Wildman–Crippen LogP) is 2.99. The summed E-state index contributed by atoms with van der Waals surface area (Å²) in [5, 5.41) is 0. The van der Waals surface area contributed by atoms with E-state index in [2.05, 4.69) is 4.98 Å². The van der Waals surface area contributed by atoms with Crippen LogP contribution in [0.5, 0.6) is 0 Å². The first kappa shape index (κ1) is 20.3. The van der Waals surface area contributed by atoms with Crippen molar-refractivity contribution in [1.82, 2.24) is 9.88 Å². The van der Waals surface area contributed by atoms with Gasteiger partial charge in [-0.3, -0.25) is 4.79 Å². The molecule has 0 atom stereocenters. The lowest BCUT2D eigenvalue weighted by atomic mass is 10.1. The van der Waals surface area contributed by atoms with Gasteiger partial charge in [-0.2, -0.15) is 0 Å². The van der Waals surface area contributed by atoms with Crippen LogP contribution in [0.2, 0.25) is 0 Å². The smallest absolute Gasteiger partial charge is 0.255 e. The Hall–Kier alpha value is -2.97. The van der Waals surface area contributed by atoms with Gasteiger partial charge in [0.15, 0.2) is 9.84 Å². The number of methoxy groups -OCH3 is 1. The van der Waals surface area contributed by atoms with E-state index in [4.69, 9.17) is 9.15 Å². The van der Waals surface area contributed by atoms with Gasteiger partial charge in [0.05, 0.1) is 22.8 Å². The fourth-order valence-electron chi connectivity index (χ4n) is 3.57. The number of ether oxygens (including phenoxy) is 1. The number of oxazole rings is 1. The Bertz CT molecular complexity index is 1160. The van der Waals surface area contributed by atoms with Gasteiger partial charge in [0.25, 0.3) is 5.91 Å². The molecule has 1 aliphatic rings. The number of hydrogen-bond donors (Lipinski definition) is 0. The fourth-order valence-corrected chi connectivity index (χ4v) is 5.13. The maximum absolute atomic E-state index is 13.2. The molecule has 1 aromatic heterocycles. The van der Waals surface area contributed by atoms with Crippen LogP contribution >= 0.6 is 0 Å². The van der Waals surface area contributed by atoms with E-state index < -0.39 is 9.84 Å². The summed E-state index contributed by atoms with van der Waals surface area (Å²) in [5.41, 5.74) is 1.54. The summed E-state index contributed by atoms with van der Waals surface area (Å²) < 4.78 is 36.8. The second-order valence-corrected chi connectivity index (χ2v) is 9.09. The molecule has 7 nitrogen and oxygen atoms in total. The molecule has 0 radical (unpaired) electrons. The average molecular weight is 426 g/mol. The number of rotatable bonds is 6. The van der Waals surface area contributed by atoms with Crippen molar-refractivity contribution in [3.63, 3.8) is 0 Å². The first-order chi connectivity index (χ1) is 14.5. The van der Waals surface area contributed by atoms with E-state index >= 15 is 0 Å². The van der Waals surface area contributed by atoms with E-state index in [0.29, 0.717) is 30.1 Å². The Labute approximate surface area is 175 Å². The van der Waals surface area contributed by atoms with Crippen molar-refractivity contribution in [3.05, 3.63) is 83.1 Å². The van der Waals surface area contributed by atoms with Gasteiger partial charge >= 0.3 is 0 Å². The SMILES string of the molecule is COCc1nc2c(o1)CCN(C(=O)c1ccccc1S(=O)(=O)Cc1ccccc1)C2. The van der Waals surface area contributed by atoms with Crippen molar-refractivity contribution in [3.8, 4) is 0 Å². The molecule has 156 valence electrons. The van der Waals surface area contributed by atoms with Crippen molar-refractivity contribution < 1.29 is 22.4 Å². The van der Waals surface area contributed by atoms with E-state index in [-0.39, 0.29) is 35.3 Å². The van der Waals surface area contributed by atoms with Gasteiger partial charge < -0.3 is 14.1 Å². The Morgan fingerprint density at radius 3 is 2.63 bits per heavy atom. The minimum absolute atomic E-state index is 0.0462. The number of carbonyl (C=O) groups is 1. The highest BCUT2D eigenvalue weighted by atomic mass is 32.2. The van der Waals surface area contributed by atoms with Gasteiger partial charge in [0.2, 0.25) is 5.89 Å². The molecule has 0 saturated carbocycles. The second kappa shape index (κ2) is 8.41. The van der Waals surface area contributed by atoms with E-state index in [0.717, 1.165) is 5.76 Å². The maximum atomic E-state index is 13.2. The number of sulfone groups is 1. The number of nitrogens with zero attached hydrogens (tertiary/aromatic N) is 2. The van der Waals surface area contributed by atoms with Crippen LogP contribution in [0, 0.1) is 0 Å². The van der Waals surface area contributed by atoms with Crippen molar-refractivity contribution in [2.24, 2.45) is 0 Å². The van der Waals surface area contributed by atoms with E-state index in [1.54, 1.807) is 54.5 Å². The van der Waals surface area contributed by atoms with E-state index in [9.17, 15) is 13.2 Å². The topological polar surface area (TPSA) is 89.7 Å². The third kappa shape index (κ3) is 4.15. The molecule has 30 heavy (non-hydrogen) atoms. The van der Waals surface area contributed by atoms with Crippen molar-refractivity contribution >= 4 is 15.7 Å². The molecule has 8 heteroatoms. The number of aromatic nitrogens is 1. The third-order valence-electron chi connectivity index (χ3n) is 4.98. The molecule has 0 saturated heterocycles. The lowest BCUT2D eigenvalue weighted by Gasteiger charge is -2.26. The molecule has 3 aromatic rings. The lowest BCUT2D eigenvalue weighted by molar-refractivity contribution is 0.0723. The Morgan fingerprint density at radius 1 is 1.13 bits per heavy atom. The van der Waals surface area contributed by atoms with Crippen LogP contribution in [0.15, 0.2) is 63.9 Å². The van der Waals surface area contributed by atoms with Gasteiger partial charge in [0.1, 0.15) is 18.1 Å². The standard InChI is InChI=1S/C22H22N2O5S/c1-28-14-21-23-18-13-24(12-11-19(18)29-21)22(25)17-9-5-6-10-20(17)30(26,27)15-16-7-3-2-4-8-16/h2-10H,11-15H2,1H3. The fraction of sp³-hybridized carbons (Fsp3) is 0.273. The monoisotopic (exact) mass is 426 g/mol. The molecule has 0 fully saturated rings. The third-order valence-corrected chi connectivity index (χ3v) is 6.72. The molecule has 0 aliphatic carbocycles. The van der Waals surface area contributed by atoms with Crippen molar-refractivity contribution in [1.29, 1.82) is 0 Å². The van der Waals surface area contributed by atoms with Gasteiger partial charge in [0, 0.05) is 20.1 Å². The predicted molar refractivity (Wildman–Crippen MR) is 109 cm³/mol. The molecule has 0 bridgehead atoms. The molecule has 0 unspecified atom stereocenters. The summed E-state index contributed by atoms with van der Waals surface area (Å²) in [6.45, 7) is 0.969. The van der Waals surface area contributed by atoms with Gasteiger partial charge in [-0.15, -0.1) is 0 Å². The van der Waals surface area contributed by atoms with Crippen LogP contribution in [-0.2, 0) is 39.9 Å². The molecule has 4 rings (SSSR count). The number of carbonyl (C=O) groups excluding carboxylic acids is 1. The highest BCUT2D eigenvalue weighted by Crippen LogP contribution is 2.25. The molecule has 0 N–H and O–H groups in total. The number of amides is 1. The molecule has 2 heterocycles. The highest BCUT2D eigenvalue weighted by Gasteiger charge is 2.30.